The summed E-state index contributed by atoms with van der Waals surface area (Å²) in [6.07, 6.45) is 3.72. The van der Waals surface area contributed by atoms with Gasteiger partial charge in [-0.05, 0) is 37.3 Å². The van der Waals surface area contributed by atoms with E-state index in [1.54, 1.807) is 13.3 Å². The summed E-state index contributed by atoms with van der Waals surface area (Å²) in [5.74, 6) is 0.901. The van der Waals surface area contributed by atoms with Crippen molar-refractivity contribution in [3.63, 3.8) is 0 Å². The van der Waals surface area contributed by atoms with Crippen molar-refractivity contribution in [2.75, 3.05) is 7.11 Å². The summed E-state index contributed by atoms with van der Waals surface area (Å²) in [6.45, 7) is 3.15. The van der Waals surface area contributed by atoms with Gasteiger partial charge in [0, 0.05) is 23.5 Å². The fourth-order valence-electron chi connectivity index (χ4n) is 1.88. The van der Waals surface area contributed by atoms with Crippen molar-refractivity contribution < 1.29 is 10.1 Å². The van der Waals surface area contributed by atoms with E-state index >= 15 is 0 Å². The summed E-state index contributed by atoms with van der Waals surface area (Å²) in [6, 6.07) is 12.7. The molecule has 1 heterocycles. The van der Waals surface area contributed by atoms with Crippen LogP contribution < -0.4 is 10.1 Å². The number of rotatable bonds is 5. The van der Waals surface area contributed by atoms with Crippen LogP contribution in [0.4, 0.5) is 0 Å². The summed E-state index contributed by atoms with van der Waals surface area (Å²) >= 11 is 0. The van der Waals surface area contributed by atoms with Crippen molar-refractivity contribution in [2.45, 2.75) is 19.5 Å². The van der Waals surface area contributed by atoms with Gasteiger partial charge in [-0.3, -0.25) is 4.98 Å². The third-order valence-corrected chi connectivity index (χ3v) is 3.07. The minimum atomic E-state index is 0.427. The molecule has 1 aromatic heterocycles. The number of nitrogens with zero attached hydrogens (tertiary/aromatic N) is 1. The third-order valence-electron chi connectivity index (χ3n) is 3.07. The average molecular weight is 243 g/mol. The van der Waals surface area contributed by atoms with Crippen molar-refractivity contribution in [3.05, 3.63) is 59.9 Å². The number of nitrogens with two attached hydrogens (primary N) is 1. The quantitative estimate of drug-likeness (QED) is 0.871. The van der Waals surface area contributed by atoms with Crippen LogP contribution in [0.5, 0.6) is 5.75 Å². The SMILES string of the molecule is COc1ccc([C@@H](C)[NH2+]Cc2cccnc2)cc1. The van der Waals surface area contributed by atoms with Gasteiger partial charge < -0.3 is 10.1 Å². The largest absolute Gasteiger partial charge is 0.497 e. The van der Waals surface area contributed by atoms with Gasteiger partial charge in [-0.15, -0.1) is 0 Å². The minimum Gasteiger partial charge on any atom is -0.497 e. The normalized spacial score (nSPS) is 12.1. The fourth-order valence-corrected chi connectivity index (χ4v) is 1.88. The lowest BCUT2D eigenvalue weighted by molar-refractivity contribution is -0.708. The molecule has 0 unspecified atom stereocenters. The smallest absolute Gasteiger partial charge is 0.118 e. The molecule has 94 valence electrons. The molecule has 18 heavy (non-hydrogen) atoms. The number of methoxy groups -OCH3 is 1. The minimum absolute atomic E-state index is 0.427. The maximum Gasteiger partial charge on any atom is 0.118 e. The molecule has 2 rings (SSSR count). The van der Waals surface area contributed by atoms with E-state index in [4.69, 9.17) is 4.74 Å². The van der Waals surface area contributed by atoms with E-state index in [0.29, 0.717) is 6.04 Å². The standard InChI is InChI=1S/C15H18N2O/c1-12(14-5-7-15(18-2)8-6-14)17-11-13-4-3-9-16-10-13/h3-10,12,17H,11H2,1-2H3/p+1/t12-/m1/s1. The van der Waals surface area contributed by atoms with Crippen molar-refractivity contribution >= 4 is 0 Å². The molecule has 3 nitrogen and oxygen atoms in total. The maximum atomic E-state index is 5.16. The molecule has 0 spiro atoms. The molecule has 1 aromatic carbocycles. The van der Waals surface area contributed by atoms with Crippen LogP contribution in [0, 0.1) is 0 Å². The van der Waals surface area contributed by atoms with Gasteiger partial charge in [0.1, 0.15) is 18.3 Å². The summed E-state index contributed by atoms with van der Waals surface area (Å²) in [5.41, 5.74) is 2.55. The molecule has 0 saturated carbocycles. The number of pyridine rings is 1. The van der Waals surface area contributed by atoms with Crippen molar-refractivity contribution in [2.24, 2.45) is 0 Å². The third kappa shape index (κ3) is 3.31. The Hall–Kier alpha value is -1.87. The van der Waals surface area contributed by atoms with E-state index in [0.717, 1.165) is 12.3 Å². The van der Waals surface area contributed by atoms with Crippen LogP contribution in [0.3, 0.4) is 0 Å². The number of ether oxygens (including phenoxy) is 1. The second-order valence-electron chi connectivity index (χ2n) is 4.36. The molecule has 0 aliphatic rings. The highest BCUT2D eigenvalue weighted by Crippen LogP contribution is 2.14. The van der Waals surface area contributed by atoms with Crippen LogP contribution in [-0.4, -0.2) is 12.1 Å². The lowest BCUT2D eigenvalue weighted by Crippen LogP contribution is -2.83. The predicted molar refractivity (Wildman–Crippen MR) is 71.3 cm³/mol. The summed E-state index contributed by atoms with van der Waals surface area (Å²) < 4.78 is 5.16. The van der Waals surface area contributed by atoms with Gasteiger partial charge in [0.25, 0.3) is 0 Å². The van der Waals surface area contributed by atoms with Gasteiger partial charge in [0.15, 0.2) is 0 Å². The van der Waals surface area contributed by atoms with Gasteiger partial charge in [-0.1, -0.05) is 6.07 Å². The monoisotopic (exact) mass is 243 g/mol. The molecule has 0 radical (unpaired) electrons. The first-order valence-corrected chi connectivity index (χ1v) is 6.16. The van der Waals surface area contributed by atoms with E-state index in [2.05, 4.69) is 35.4 Å². The van der Waals surface area contributed by atoms with Crippen LogP contribution in [0.15, 0.2) is 48.8 Å². The Morgan fingerprint density at radius 1 is 1.22 bits per heavy atom. The van der Waals surface area contributed by atoms with Crippen LogP contribution >= 0.6 is 0 Å². The van der Waals surface area contributed by atoms with E-state index in [1.807, 2.05) is 24.4 Å². The molecule has 3 heteroatoms. The van der Waals surface area contributed by atoms with Gasteiger partial charge in [0.05, 0.1) is 7.11 Å². The van der Waals surface area contributed by atoms with Crippen molar-refractivity contribution in [3.8, 4) is 5.75 Å². The molecule has 2 aromatic rings. The number of hydrogen-bond acceptors (Lipinski definition) is 2. The lowest BCUT2D eigenvalue weighted by Gasteiger charge is -2.11. The zero-order chi connectivity index (χ0) is 12.8. The molecule has 1 atom stereocenters. The van der Waals surface area contributed by atoms with Gasteiger partial charge >= 0.3 is 0 Å². The van der Waals surface area contributed by atoms with E-state index < -0.39 is 0 Å². The second kappa shape index (κ2) is 6.17. The van der Waals surface area contributed by atoms with E-state index in [-0.39, 0.29) is 0 Å². The first-order valence-electron chi connectivity index (χ1n) is 6.16. The fraction of sp³-hybridized carbons (Fsp3) is 0.267. The molecule has 0 amide bonds. The highest BCUT2D eigenvalue weighted by Gasteiger charge is 2.08. The lowest BCUT2D eigenvalue weighted by atomic mass is 10.1. The van der Waals surface area contributed by atoms with Crippen LogP contribution in [0.25, 0.3) is 0 Å². The Labute approximate surface area is 108 Å². The van der Waals surface area contributed by atoms with Gasteiger partial charge in [0.2, 0.25) is 0 Å². The average Bonchev–Trinajstić information content (AvgIpc) is 2.46. The maximum absolute atomic E-state index is 5.16. The first-order chi connectivity index (χ1) is 8.79. The Kier molecular flexibility index (Phi) is 4.31. The number of quaternary nitrogens is 1. The van der Waals surface area contributed by atoms with Crippen molar-refractivity contribution in [1.82, 2.24) is 4.98 Å². The number of aromatic nitrogens is 1. The molecule has 0 fully saturated rings. The second-order valence-corrected chi connectivity index (χ2v) is 4.36. The summed E-state index contributed by atoms with van der Waals surface area (Å²) in [7, 11) is 1.69. The van der Waals surface area contributed by atoms with Crippen LogP contribution in [0.1, 0.15) is 24.1 Å². The summed E-state index contributed by atoms with van der Waals surface area (Å²) in [4.78, 5) is 4.12. The molecular weight excluding hydrogens is 224 g/mol. The molecular formula is C15H19N2O+. The number of benzene rings is 1. The van der Waals surface area contributed by atoms with Crippen molar-refractivity contribution in [1.29, 1.82) is 0 Å². The van der Waals surface area contributed by atoms with Gasteiger partial charge in [-0.2, -0.15) is 0 Å². The highest BCUT2D eigenvalue weighted by molar-refractivity contribution is 5.28. The molecule has 0 aliphatic carbocycles. The predicted octanol–water partition coefficient (Wildman–Crippen LogP) is 1.91. The number of hydrogen-bond donors (Lipinski definition) is 1. The molecule has 0 aliphatic heterocycles. The van der Waals surface area contributed by atoms with E-state index in [9.17, 15) is 0 Å². The molecule has 0 saturated heterocycles. The van der Waals surface area contributed by atoms with E-state index in [1.165, 1.54) is 11.1 Å². The Balaban J connectivity index is 1.93. The first kappa shape index (κ1) is 12.6. The molecule has 2 N–H and O–H groups in total. The van der Waals surface area contributed by atoms with Gasteiger partial charge in [-0.25, -0.2) is 0 Å². The topological polar surface area (TPSA) is 38.7 Å². The Morgan fingerprint density at radius 2 is 2.00 bits per heavy atom. The zero-order valence-corrected chi connectivity index (χ0v) is 10.8. The van der Waals surface area contributed by atoms with Crippen LogP contribution in [0.2, 0.25) is 0 Å². The Bertz CT molecular complexity index is 468. The highest BCUT2D eigenvalue weighted by atomic mass is 16.5. The zero-order valence-electron chi connectivity index (χ0n) is 10.8. The molecule has 0 bridgehead atoms. The van der Waals surface area contributed by atoms with Crippen LogP contribution in [-0.2, 0) is 6.54 Å². The Morgan fingerprint density at radius 3 is 2.61 bits per heavy atom. The summed E-state index contributed by atoms with van der Waals surface area (Å²) in [5, 5.41) is 2.30.